The van der Waals surface area contributed by atoms with E-state index in [1.165, 1.54) is 12.3 Å². The van der Waals surface area contributed by atoms with E-state index in [1.54, 1.807) is 10.9 Å². The SMILES string of the molecule is N=CCC(=Nc1ccccc1)c1nn(-c2ccccc2)ccc1=O. The van der Waals surface area contributed by atoms with Crippen molar-refractivity contribution in [1.82, 2.24) is 9.78 Å². The van der Waals surface area contributed by atoms with Gasteiger partial charge in [-0.3, -0.25) is 9.79 Å². The number of para-hydroxylation sites is 2. The lowest BCUT2D eigenvalue weighted by Crippen LogP contribution is -2.21. The summed E-state index contributed by atoms with van der Waals surface area (Å²) in [5.74, 6) is 0. The van der Waals surface area contributed by atoms with Crippen molar-refractivity contribution in [2.45, 2.75) is 6.42 Å². The maximum absolute atomic E-state index is 12.3. The summed E-state index contributed by atoms with van der Waals surface area (Å²) < 4.78 is 1.64. The average Bonchev–Trinajstić information content (AvgIpc) is 2.63. The van der Waals surface area contributed by atoms with E-state index < -0.39 is 0 Å². The Labute approximate surface area is 139 Å². The van der Waals surface area contributed by atoms with Gasteiger partial charge in [-0.1, -0.05) is 36.4 Å². The summed E-state index contributed by atoms with van der Waals surface area (Å²) in [5.41, 5.74) is 2.11. The summed E-state index contributed by atoms with van der Waals surface area (Å²) in [4.78, 5) is 16.8. The number of aromatic nitrogens is 2. The minimum absolute atomic E-state index is 0.210. The number of aliphatic imine (C=N–C) groups is 1. The third kappa shape index (κ3) is 3.52. The monoisotopic (exact) mass is 316 g/mol. The Kier molecular flexibility index (Phi) is 4.72. The fourth-order valence-electron chi connectivity index (χ4n) is 2.28. The predicted molar refractivity (Wildman–Crippen MR) is 95.9 cm³/mol. The molecule has 0 aliphatic heterocycles. The molecule has 1 aromatic heterocycles. The van der Waals surface area contributed by atoms with Gasteiger partial charge in [0.15, 0.2) is 5.69 Å². The van der Waals surface area contributed by atoms with Gasteiger partial charge in [0.2, 0.25) is 5.43 Å². The number of nitrogens with one attached hydrogen (secondary N) is 1. The summed E-state index contributed by atoms with van der Waals surface area (Å²) >= 11 is 0. The first-order chi connectivity index (χ1) is 11.8. The van der Waals surface area contributed by atoms with E-state index in [1.807, 2.05) is 60.7 Å². The number of nitrogens with zero attached hydrogens (tertiary/aromatic N) is 3. The molecule has 0 radical (unpaired) electrons. The van der Waals surface area contributed by atoms with Crippen LogP contribution in [0.15, 0.2) is 82.7 Å². The molecule has 2 aromatic carbocycles. The van der Waals surface area contributed by atoms with E-state index >= 15 is 0 Å². The van der Waals surface area contributed by atoms with Crippen molar-refractivity contribution in [3.05, 3.63) is 88.8 Å². The molecule has 0 aliphatic rings. The molecule has 24 heavy (non-hydrogen) atoms. The predicted octanol–water partition coefficient (Wildman–Crippen LogP) is 3.39. The molecule has 0 saturated carbocycles. The van der Waals surface area contributed by atoms with Gasteiger partial charge in [-0.15, -0.1) is 0 Å². The smallest absolute Gasteiger partial charge is 0.209 e. The van der Waals surface area contributed by atoms with E-state index in [0.29, 0.717) is 5.71 Å². The maximum atomic E-state index is 12.3. The topological polar surface area (TPSA) is 71.1 Å². The molecule has 0 aliphatic carbocycles. The molecule has 3 aromatic rings. The molecule has 3 rings (SSSR count). The van der Waals surface area contributed by atoms with Crippen LogP contribution in [0.25, 0.3) is 5.69 Å². The number of benzene rings is 2. The molecule has 1 N–H and O–H groups in total. The second kappa shape index (κ2) is 7.28. The molecule has 0 atom stereocenters. The second-order valence-electron chi connectivity index (χ2n) is 5.11. The summed E-state index contributed by atoms with van der Waals surface area (Å²) in [6.07, 6.45) is 3.10. The van der Waals surface area contributed by atoms with Crippen molar-refractivity contribution in [2.24, 2.45) is 4.99 Å². The fourth-order valence-corrected chi connectivity index (χ4v) is 2.28. The first kappa shape index (κ1) is 15.6. The van der Waals surface area contributed by atoms with Crippen molar-refractivity contribution >= 4 is 17.6 Å². The van der Waals surface area contributed by atoms with Gasteiger partial charge in [0.25, 0.3) is 0 Å². The summed E-state index contributed by atoms with van der Waals surface area (Å²) in [6.45, 7) is 0. The standard InChI is InChI=1S/C19H16N4O/c20-13-11-17(21-15-7-3-1-4-8-15)19-18(24)12-14-23(22-19)16-9-5-2-6-10-16/h1-10,12-14,20H,11H2. The highest BCUT2D eigenvalue weighted by Crippen LogP contribution is 2.13. The lowest BCUT2D eigenvalue weighted by atomic mass is 10.2. The number of hydrogen-bond donors (Lipinski definition) is 1. The van der Waals surface area contributed by atoms with Crippen LogP contribution in [0, 0.1) is 5.41 Å². The van der Waals surface area contributed by atoms with E-state index in [0.717, 1.165) is 11.4 Å². The molecule has 0 fully saturated rings. The van der Waals surface area contributed by atoms with Gasteiger partial charge in [0, 0.05) is 24.9 Å². The Morgan fingerprint density at radius 3 is 2.38 bits per heavy atom. The Bertz CT molecular complexity index is 915. The molecule has 0 spiro atoms. The highest BCUT2D eigenvalue weighted by Gasteiger charge is 2.11. The molecule has 0 saturated heterocycles. The third-order valence-electron chi connectivity index (χ3n) is 3.42. The molecular weight excluding hydrogens is 300 g/mol. The van der Waals surface area contributed by atoms with E-state index in [-0.39, 0.29) is 17.5 Å². The van der Waals surface area contributed by atoms with Gasteiger partial charge in [-0.25, -0.2) is 4.68 Å². The second-order valence-corrected chi connectivity index (χ2v) is 5.11. The van der Waals surface area contributed by atoms with Crippen LogP contribution < -0.4 is 5.43 Å². The molecule has 0 amide bonds. The molecule has 5 nitrogen and oxygen atoms in total. The molecular formula is C19H16N4O. The zero-order chi connectivity index (χ0) is 16.8. The van der Waals surface area contributed by atoms with Crippen molar-refractivity contribution in [3.63, 3.8) is 0 Å². The average molecular weight is 316 g/mol. The lowest BCUT2D eigenvalue weighted by molar-refractivity contribution is 0.827. The van der Waals surface area contributed by atoms with Crippen molar-refractivity contribution in [1.29, 1.82) is 5.41 Å². The van der Waals surface area contributed by atoms with Crippen molar-refractivity contribution < 1.29 is 0 Å². The largest absolute Gasteiger partial charge is 0.313 e. The van der Waals surface area contributed by atoms with Gasteiger partial charge >= 0.3 is 0 Å². The zero-order valence-corrected chi connectivity index (χ0v) is 13.0. The molecule has 118 valence electrons. The third-order valence-corrected chi connectivity index (χ3v) is 3.42. The van der Waals surface area contributed by atoms with E-state index in [4.69, 9.17) is 5.41 Å². The van der Waals surface area contributed by atoms with Crippen molar-refractivity contribution in [3.8, 4) is 5.69 Å². The molecule has 1 heterocycles. The number of hydrogen-bond acceptors (Lipinski definition) is 4. The quantitative estimate of drug-likeness (QED) is 0.733. The van der Waals surface area contributed by atoms with Gasteiger partial charge in [-0.05, 0) is 24.3 Å². The first-order valence-corrected chi connectivity index (χ1v) is 7.55. The summed E-state index contributed by atoms with van der Waals surface area (Å²) in [7, 11) is 0. The first-order valence-electron chi connectivity index (χ1n) is 7.55. The highest BCUT2D eigenvalue weighted by atomic mass is 16.1. The van der Waals surface area contributed by atoms with Crippen LogP contribution in [0.5, 0.6) is 0 Å². The van der Waals surface area contributed by atoms with Gasteiger partial charge < -0.3 is 5.41 Å². The molecule has 0 unspecified atom stereocenters. The van der Waals surface area contributed by atoms with E-state index in [2.05, 4.69) is 10.1 Å². The normalized spacial score (nSPS) is 11.2. The van der Waals surface area contributed by atoms with E-state index in [9.17, 15) is 4.79 Å². The minimum Gasteiger partial charge on any atom is -0.313 e. The van der Waals surface area contributed by atoms with Gasteiger partial charge in [-0.2, -0.15) is 5.10 Å². The Morgan fingerprint density at radius 1 is 1.04 bits per heavy atom. The van der Waals surface area contributed by atoms with Gasteiger partial charge in [0.1, 0.15) is 0 Å². The molecule has 0 bridgehead atoms. The van der Waals surface area contributed by atoms with Crippen LogP contribution in [0.2, 0.25) is 0 Å². The Morgan fingerprint density at radius 2 is 1.71 bits per heavy atom. The summed E-state index contributed by atoms with van der Waals surface area (Å²) in [6, 6.07) is 20.4. The van der Waals surface area contributed by atoms with Gasteiger partial charge in [0.05, 0.1) is 17.1 Å². The fraction of sp³-hybridized carbons (Fsp3) is 0.0526. The van der Waals surface area contributed by atoms with Crippen LogP contribution in [-0.4, -0.2) is 21.7 Å². The summed E-state index contributed by atoms with van der Waals surface area (Å²) in [5, 5.41) is 11.8. The van der Waals surface area contributed by atoms with Crippen LogP contribution >= 0.6 is 0 Å². The van der Waals surface area contributed by atoms with Crippen molar-refractivity contribution in [2.75, 3.05) is 0 Å². The Balaban J connectivity index is 2.10. The van der Waals surface area contributed by atoms with Crippen LogP contribution in [0.1, 0.15) is 12.1 Å². The van der Waals surface area contributed by atoms with Crippen LogP contribution in [-0.2, 0) is 0 Å². The Hall–Kier alpha value is -3.34. The zero-order valence-electron chi connectivity index (χ0n) is 13.0. The van der Waals surface area contributed by atoms with Crippen LogP contribution in [0.4, 0.5) is 5.69 Å². The maximum Gasteiger partial charge on any atom is 0.209 e. The van der Waals surface area contributed by atoms with Crippen LogP contribution in [0.3, 0.4) is 0 Å². The number of rotatable bonds is 5. The lowest BCUT2D eigenvalue weighted by Gasteiger charge is -2.08. The molecule has 5 heteroatoms. The highest BCUT2D eigenvalue weighted by molar-refractivity contribution is 6.06. The minimum atomic E-state index is -0.210.